The van der Waals surface area contributed by atoms with Gasteiger partial charge in [-0.05, 0) is 48.6 Å². The second-order valence-corrected chi connectivity index (χ2v) is 5.95. The lowest BCUT2D eigenvalue weighted by Gasteiger charge is -2.12. The molecule has 0 aliphatic carbocycles. The lowest BCUT2D eigenvalue weighted by atomic mass is 10.0. The van der Waals surface area contributed by atoms with Crippen LogP contribution in [-0.2, 0) is 6.42 Å². The van der Waals surface area contributed by atoms with Gasteiger partial charge in [0.1, 0.15) is 0 Å². The molecule has 1 unspecified atom stereocenters. The zero-order valence-corrected chi connectivity index (χ0v) is 12.9. The second-order valence-electron chi connectivity index (χ2n) is 4.60. The third-order valence-electron chi connectivity index (χ3n) is 3.06. The number of aryl methyl sites for hydroxylation is 1. The van der Waals surface area contributed by atoms with E-state index in [1.165, 1.54) is 5.56 Å². The normalized spacial score (nSPS) is 12.4. The monoisotopic (exact) mass is 338 g/mol. The average Bonchev–Trinajstić information content (AvgIpc) is 2.38. The summed E-state index contributed by atoms with van der Waals surface area (Å²) in [5.74, 6) is 0. The van der Waals surface area contributed by atoms with Crippen molar-refractivity contribution < 1.29 is 5.11 Å². The first-order valence-corrected chi connectivity index (χ1v) is 7.50. The van der Waals surface area contributed by atoms with E-state index in [-0.39, 0.29) is 0 Å². The molecular formula is C16H16BrClO. The standard InChI is InChI=1S/C16H16BrClO/c17-14-9-13(10-15(18)11-14)16(19)8-4-7-12-5-2-1-3-6-12/h1-3,5-6,9-11,16,19H,4,7-8H2. The molecule has 0 bridgehead atoms. The van der Waals surface area contributed by atoms with E-state index in [4.69, 9.17) is 11.6 Å². The molecule has 2 aromatic rings. The van der Waals surface area contributed by atoms with Crippen molar-refractivity contribution in [1.29, 1.82) is 0 Å². The largest absolute Gasteiger partial charge is 0.388 e. The molecule has 3 heteroatoms. The molecule has 0 aliphatic rings. The maximum absolute atomic E-state index is 10.2. The van der Waals surface area contributed by atoms with Crippen LogP contribution < -0.4 is 0 Å². The van der Waals surface area contributed by atoms with Gasteiger partial charge in [0.2, 0.25) is 0 Å². The highest BCUT2D eigenvalue weighted by atomic mass is 79.9. The fourth-order valence-corrected chi connectivity index (χ4v) is 2.96. The summed E-state index contributed by atoms with van der Waals surface area (Å²) in [4.78, 5) is 0. The highest BCUT2D eigenvalue weighted by molar-refractivity contribution is 9.10. The van der Waals surface area contributed by atoms with Gasteiger partial charge in [0.05, 0.1) is 6.10 Å². The number of benzene rings is 2. The third kappa shape index (κ3) is 4.64. The molecule has 0 spiro atoms. The van der Waals surface area contributed by atoms with Gasteiger partial charge in [-0.15, -0.1) is 0 Å². The molecule has 100 valence electrons. The van der Waals surface area contributed by atoms with E-state index in [0.717, 1.165) is 29.3 Å². The van der Waals surface area contributed by atoms with Crippen molar-refractivity contribution >= 4 is 27.5 Å². The van der Waals surface area contributed by atoms with E-state index in [2.05, 4.69) is 28.1 Å². The molecule has 0 amide bonds. The van der Waals surface area contributed by atoms with Crippen LogP contribution in [0.2, 0.25) is 5.02 Å². The van der Waals surface area contributed by atoms with Crippen LogP contribution in [0.25, 0.3) is 0 Å². The lowest BCUT2D eigenvalue weighted by Crippen LogP contribution is -1.98. The van der Waals surface area contributed by atoms with Crippen LogP contribution >= 0.6 is 27.5 Å². The van der Waals surface area contributed by atoms with Gasteiger partial charge in [-0.1, -0.05) is 57.9 Å². The summed E-state index contributed by atoms with van der Waals surface area (Å²) in [7, 11) is 0. The number of aliphatic hydroxyl groups excluding tert-OH is 1. The first-order chi connectivity index (χ1) is 9.15. The Balaban J connectivity index is 1.89. The first-order valence-electron chi connectivity index (χ1n) is 6.33. The molecule has 19 heavy (non-hydrogen) atoms. The highest BCUT2D eigenvalue weighted by Crippen LogP contribution is 2.26. The number of halogens is 2. The topological polar surface area (TPSA) is 20.2 Å². The molecule has 2 rings (SSSR count). The van der Waals surface area contributed by atoms with Crippen molar-refractivity contribution in [3.8, 4) is 0 Å². The summed E-state index contributed by atoms with van der Waals surface area (Å²) in [5.41, 5.74) is 2.18. The van der Waals surface area contributed by atoms with E-state index < -0.39 is 6.10 Å². The smallest absolute Gasteiger partial charge is 0.0791 e. The van der Waals surface area contributed by atoms with Gasteiger partial charge in [-0.3, -0.25) is 0 Å². The minimum atomic E-state index is -0.460. The average molecular weight is 340 g/mol. The number of aliphatic hydroxyl groups is 1. The Labute approximate surface area is 127 Å². The van der Waals surface area contributed by atoms with E-state index in [9.17, 15) is 5.11 Å². The molecular weight excluding hydrogens is 324 g/mol. The molecule has 0 saturated heterocycles. The number of rotatable bonds is 5. The molecule has 2 aromatic carbocycles. The van der Waals surface area contributed by atoms with Crippen molar-refractivity contribution in [3.05, 3.63) is 69.2 Å². The summed E-state index contributed by atoms with van der Waals surface area (Å²) in [6.45, 7) is 0. The summed E-state index contributed by atoms with van der Waals surface area (Å²) in [5, 5.41) is 10.8. The Bertz CT molecular complexity index is 507. The fraction of sp³-hybridized carbons (Fsp3) is 0.250. The summed E-state index contributed by atoms with van der Waals surface area (Å²) < 4.78 is 0.900. The Hall–Kier alpha value is -0.830. The van der Waals surface area contributed by atoms with Gasteiger partial charge in [-0.25, -0.2) is 0 Å². The zero-order chi connectivity index (χ0) is 13.7. The molecule has 0 radical (unpaired) electrons. The summed E-state index contributed by atoms with van der Waals surface area (Å²) in [6, 6.07) is 15.9. The van der Waals surface area contributed by atoms with Crippen LogP contribution in [0.1, 0.15) is 30.1 Å². The van der Waals surface area contributed by atoms with Crippen molar-refractivity contribution in [2.75, 3.05) is 0 Å². The van der Waals surface area contributed by atoms with E-state index in [1.54, 1.807) is 0 Å². The maximum Gasteiger partial charge on any atom is 0.0791 e. The van der Waals surface area contributed by atoms with E-state index in [0.29, 0.717) is 5.02 Å². The van der Waals surface area contributed by atoms with Crippen LogP contribution in [0, 0.1) is 0 Å². The van der Waals surface area contributed by atoms with Gasteiger partial charge < -0.3 is 5.11 Å². The molecule has 1 N–H and O–H groups in total. The lowest BCUT2D eigenvalue weighted by molar-refractivity contribution is 0.164. The molecule has 0 saturated carbocycles. The zero-order valence-electron chi connectivity index (χ0n) is 10.5. The van der Waals surface area contributed by atoms with E-state index >= 15 is 0 Å². The first kappa shape index (κ1) is 14.6. The summed E-state index contributed by atoms with van der Waals surface area (Å²) in [6.07, 6.45) is 2.22. The Morgan fingerprint density at radius 3 is 2.53 bits per heavy atom. The fourth-order valence-electron chi connectivity index (χ4n) is 2.08. The maximum atomic E-state index is 10.2. The molecule has 0 aliphatic heterocycles. The predicted octanol–water partition coefficient (Wildman–Crippen LogP) is 5.16. The minimum Gasteiger partial charge on any atom is -0.388 e. The minimum absolute atomic E-state index is 0.460. The van der Waals surface area contributed by atoms with Gasteiger partial charge >= 0.3 is 0 Å². The van der Waals surface area contributed by atoms with Crippen molar-refractivity contribution in [3.63, 3.8) is 0 Å². The van der Waals surface area contributed by atoms with E-state index in [1.807, 2.05) is 36.4 Å². The Kier molecular flexibility index (Phi) is 5.44. The van der Waals surface area contributed by atoms with Crippen molar-refractivity contribution in [2.45, 2.75) is 25.4 Å². The van der Waals surface area contributed by atoms with Gasteiger partial charge in [0, 0.05) is 9.50 Å². The molecule has 0 aromatic heterocycles. The van der Waals surface area contributed by atoms with Crippen LogP contribution in [0.3, 0.4) is 0 Å². The van der Waals surface area contributed by atoms with Crippen molar-refractivity contribution in [2.24, 2.45) is 0 Å². The number of hydrogen-bond acceptors (Lipinski definition) is 1. The van der Waals surface area contributed by atoms with Crippen LogP contribution in [0.5, 0.6) is 0 Å². The Morgan fingerprint density at radius 1 is 1.11 bits per heavy atom. The summed E-state index contributed by atoms with van der Waals surface area (Å²) >= 11 is 9.37. The molecule has 0 fully saturated rings. The second kappa shape index (κ2) is 7.09. The molecule has 1 nitrogen and oxygen atoms in total. The quantitative estimate of drug-likeness (QED) is 0.798. The van der Waals surface area contributed by atoms with Crippen LogP contribution in [0.4, 0.5) is 0 Å². The van der Waals surface area contributed by atoms with Crippen molar-refractivity contribution in [1.82, 2.24) is 0 Å². The molecule has 0 heterocycles. The molecule has 1 atom stereocenters. The Morgan fingerprint density at radius 2 is 1.84 bits per heavy atom. The van der Waals surface area contributed by atoms with Gasteiger partial charge in [0.25, 0.3) is 0 Å². The SMILES string of the molecule is OC(CCCc1ccccc1)c1cc(Cl)cc(Br)c1. The van der Waals surface area contributed by atoms with Crippen LogP contribution in [0.15, 0.2) is 53.0 Å². The van der Waals surface area contributed by atoms with Gasteiger partial charge in [0.15, 0.2) is 0 Å². The highest BCUT2D eigenvalue weighted by Gasteiger charge is 2.09. The van der Waals surface area contributed by atoms with Gasteiger partial charge in [-0.2, -0.15) is 0 Å². The van der Waals surface area contributed by atoms with Crippen LogP contribution in [-0.4, -0.2) is 5.11 Å². The number of hydrogen-bond donors (Lipinski definition) is 1. The predicted molar refractivity (Wildman–Crippen MR) is 83.5 cm³/mol. The third-order valence-corrected chi connectivity index (χ3v) is 3.73.